The van der Waals surface area contributed by atoms with E-state index in [-0.39, 0.29) is 11.5 Å². The third kappa shape index (κ3) is 2.71. The summed E-state index contributed by atoms with van der Waals surface area (Å²) in [6, 6.07) is 21.8. The van der Waals surface area contributed by atoms with Crippen molar-refractivity contribution in [2.45, 2.75) is 31.3 Å². The SMILES string of the molecule is CC(OCC1(c2cc[c]cc2)CC1)c1ccccc1. The van der Waals surface area contributed by atoms with E-state index in [0.717, 1.165) is 6.61 Å². The molecule has 0 aliphatic heterocycles. The first-order chi connectivity index (χ1) is 9.30. The highest BCUT2D eigenvalue weighted by molar-refractivity contribution is 5.31. The van der Waals surface area contributed by atoms with E-state index in [1.807, 2.05) is 18.2 Å². The van der Waals surface area contributed by atoms with Crippen molar-refractivity contribution in [3.8, 4) is 0 Å². The number of benzene rings is 2. The highest BCUT2D eigenvalue weighted by atomic mass is 16.5. The molecule has 19 heavy (non-hydrogen) atoms. The molecule has 0 saturated heterocycles. The largest absolute Gasteiger partial charge is 0.373 e. The van der Waals surface area contributed by atoms with Crippen molar-refractivity contribution in [2.75, 3.05) is 6.61 Å². The van der Waals surface area contributed by atoms with Crippen molar-refractivity contribution in [3.05, 3.63) is 71.8 Å². The van der Waals surface area contributed by atoms with Crippen LogP contribution in [0.2, 0.25) is 0 Å². The molecule has 2 aromatic rings. The van der Waals surface area contributed by atoms with Gasteiger partial charge in [-0.1, -0.05) is 54.6 Å². The summed E-state index contributed by atoms with van der Waals surface area (Å²) in [6.07, 6.45) is 2.63. The first-order valence-electron chi connectivity index (χ1n) is 6.93. The third-order valence-electron chi connectivity index (χ3n) is 4.06. The molecule has 0 spiro atoms. The molecule has 1 aliphatic rings. The lowest BCUT2D eigenvalue weighted by molar-refractivity contribution is 0.0495. The molecule has 1 fully saturated rings. The molecule has 0 bridgehead atoms. The fourth-order valence-electron chi connectivity index (χ4n) is 2.51. The Hall–Kier alpha value is -1.60. The van der Waals surface area contributed by atoms with Crippen molar-refractivity contribution >= 4 is 0 Å². The minimum Gasteiger partial charge on any atom is -0.373 e. The van der Waals surface area contributed by atoms with Crippen molar-refractivity contribution in [2.24, 2.45) is 0 Å². The van der Waals surface area contributed by atoms with Crippen LogP contribution < -0.4 is 0 Å². The second kappa shape index (κ2) is 5.18. The average molecular weight is 251 g/mol. The summed E-state index contributed by atoms with van der Waals surface area (Å²) in [4.78, 5) is 0. The van der Waals surface area contributed by atoms with Crippen LogP contribution >= 0.6 is 0 Å². The molecule has 2 aromatic carbocycles. The smallest absolute Gasteiger partial charge is 0.0797 e. The lowest BCUT2D eigenvalue weighted by Gasteiger charge is -2.20. The van der Waals surface area contributed by atoms with Crippen molar-refractivity contribution in [3.63, 3.8) is 0 Å². The number of hydrogen-bond donors (Lipinski definition) is 0. The van der Waals surface area contributed by atoms with Crippen LogP contribution in [0.4, 0.5) is 0 Å². The fourth-order valence-corrected chi connectivity index (χ4v) is 2.51. The molecule has 0 aromatic heterocycles. The molecule has 1 heteroatoms. The zero-order valence-corrected chi connectivity index (χ0v) is 11.3. The molecular formula is C18H19O. The predicted molar refractivity (Wildman–Crippen MR) is 77.0 cm³/mol. The topological polar surface area (TPSA) is 9.23 Å². The van der Waals surface area contributed by atoms with E-state index in [2.05, 4.69) is 49.4 Å². The Morgan fingerprint density at radius 1 is 1.11 bits per heavy atom. The van der Waals surface area contributed by atoms with Gasteiger partial charge in [-0.05, 0) is 37.0 Å². The molecule has 0 heterocycles. The summed E-state index contributed by atoms with van der Waals surface area (Å²) < 4.78 is 6.10. The molecule has 1 nitrogen and oxygen atoms in total. The summed E-state index contributed by atoms with van der Waals surface area (Å²) in [5, 5.41) is 0. The minimum absolute atomic E-state index is 0.161. The lowest BCUT2D eigenvalue weighted by Crippen LogP contribution is -2.16. The molecule has 0 N–H and O–H groups in total. The molecule has 1 aliphatic carbocycles. The number of ether oxygens (including phenoxy) is 1. The molecule has 97 valence electrons. The Kier molecular flexibility index (Phi) is 3.39. The second-order valence-electron chi connectivity index (χ2n) is 5.43. The maximum Gasteiger partial charge on any atom is 0.0797 e. The minimum atomic E-state index is 0.161. The van der Waals surface area contributed by atoms with E-state index in [1.54, 1.807) is 0 Å². The van der Waals surface area contributed by atoms with Gasteiger partial charge in [-0.2, -0.15) is 0 Å². The maximum absolute atomic E-state index is 6.10. The van der Waals surface area contributed by atoms with Gasteiger partial charge in [0.25, 0.3) is 0 Å². The highest BCUT2D eigenvalue weighted by Gasteiger charge is 2.44. The van der Waals surface area contributed by atoms with Crippen molar-refractivity contribution in [1.82, 2.24) is 0 Å². The van der Waals surface area contributed by atoms with Crippen LogP contribution in [0, 0.1) is 6.07 Å². The molecule has 0 amide bonds. The van der Waals surface area contributed by atoms with E-state index >= 15 is 0 Å². The maximum atomic E-state index is 6.10. The molecular weight excluding hydrogens is 232 g/mol. The van der Waals surface area contributed by atoms with Crippen LogP contribution in [0.25, 0.3) is 0 Å². The Bertz CT molecular complexity index is 514. The number of hydrogen-bond acceptors (Lipinski definition) is 1. The zero-order valence-electron chi connectivity index (χ0n) is 11.3. The highest BCUT2D eigenvalue weighted by Crippen LogP contribution is 2.48. The number of rotatable bonds is 5. The summed E-state index contributed by atoms with van der Waals surface area (Å²) in [5.74, 6) is 0. The summed E-state index contributed by atoms with van der Waals surface area (Å²) in [5.41, 5.74) is 2.91. The van der Waals surface area contributed by atoms with Gasteiger partial charge in [0.05, 0.1) is 12.7 Å². The monoisotopic (exact) mass is 251 g/mol. The van der Waals surface area contributed by atoms with Crippen molar-refractivity contribution < 1.29 is 4.74 Å². The van der Waals surface area contributed by atoms with E-state index in [9.17, 15) is 0 Å². The van der Waals surface area contributed by atoms with Crippen LogP contribution in [0.1, 0.15) is 37.0 Å². The van der Waals surface area contributed by atoms with Crippen LogP contribution in [-0.2, 0) is 10.2 Å². The van der Waals surface area contributed by atoms with E-state index in [4.69, 9.17) is 4.74 Å². The predicted octanol–water partition coefficient (Wildman–Crippen LogP) is 4.30. The average Bonchev–Trinajstić information content (AvgIpc) is 3.28. The van der Waals surface area contributed by atoms with Gasteiger partial charge in [-0.25, -0.2) is 0 Å². The molecule has 1 saturated carbocycles. The first-order valence-corrected chi connectivity index (χ1v) is 6.93. The van der Waals surface area contributed by atoms with Crippen LogP contribution in [0.3, 0.4) is 0 Å². The van der Waals surface area contributed by atoms with Crippen molar-refractivity contribution in [1.29, 1.82) is 0 Å². The normalized spacial score (nSPS) is 17.9. The van der Waals surface area contributed by atoms with Gasteiger partial charge in [0.15, 0.2) is 0 Å². The quantitative estimate of drug-likeness (QED) is 0.770. The van der Waals surface area contributed by atoms with Gasteiger partial charge in [0.2, 0.25) is 0 Å². The standard InChI is InChI=1S/C18H19O/c1-15(16-8-4-2-5-9-16)19-14-18(12-13-18)17-10-6-3-7-11-17/h2,4-11,15H,12-14H2,1H3. The van der Waals surface area contributed by atoms with Gasteiger partial charge in [-0.3, -0.25) is 0 Å². The van der Waals surface area contributed by atoms with Gasteiger partial charge in [-0.15, -0.1) is 0 Å². The van der Waals surface area contributed by atoms with Crippen LogP contribution in [0.15, 0.2) is 54.6 Å². The molecule has 3 rings (SSSR count). The second-order valence-corrected chi connectivity index (χ2v) is 5.43. The summed E-state index contributed by atoms with van der Waals surface area (Å²) >= 11 is 0. The zero-order chi connectivity index (χ0) is 13.1. The Balaban J connectivity index is 1.64. The van der Waals surface area contributed by atoms with Gasteiger partial charge in [0, 0.05) is 5.41 Å². The fraction of sp³-hybridized carbons (Fsp3) is 0.333. The molecule has 1 atom stereocenters. The molecule has 1 radical (unpaired) electrons. The summed E-state index contributed by atoms with van der Waals surface area (Å²) in [7, 11) is 0. The Morgan fingerprint density at radius 3 is 2.42 bits per heavy atom. The third-order valence-corrected chi connectivity index (χ3v) is 4.06. The van der Waals surface area contributed by atoms with Crippen LogP contribution in [0.5, 0.6) is 0 Å². The van der Waals surface area contributed by atoms with E-state index in [0.29, 0.717) is 0 Å². The summed E-state index contributed by atoms with van der Waals surface area (Å²) in [6.45, 7) is 2.94. The molecule has 1 unspecified atom stereocenters. The Morgan fingerprint density at radius 2 is 1.79 bits per heavy atom. The van der Waals surface area contributed by atoms with E-state index < -0.39 is 0 Å². The lowest BCUT2D eigenvalue weighted by atomic mass is 9.97. The van der Waals surface area contributed by atoms with Gasteiger partial charge >= 0.3 is 0 Å². The van der Waals surface area contributed by atoms with E-state index in [1.165, 1.54) is 24.0 Å². The van der Waals surface area contributed by atoms with Gasteiger partial charge < -0.3 is 4.74 Å². The van der Waals surface area contributed by atoms with Crippen LogP contribution in [-0.4, -0.2) is 6.61 Å². The van der Waals surface area contributed by atoms with Gasteiger partial charge in [0.1, 0.15) is 0 Å². The Labute approximate surface area is 115 Å². The first kappa shape index (κ1) is 12.4.